The molecule has 0 unspecified atom stereocenters. The first-order valence-corrected chi connectivity index (χ1v) is 7.03. The number of anilines is 1. The molecule has 2 rings (SSSR count). The van der Waals surface area contributed by atoms with Crippen molar-refractivity contribution in [3.8, 4) is 0 Å². The van der Waals surface area contributed by atoms with Gasteiger partial charge in [-0.2, -0.15) is 0 Å². The van der Waals surface area contributed by atoms with E-state index in [2.05, 4.69) is 29.4 Å². The first-order valence-electron chi connectivity index (χ1n) is 7.03. The molecule has 0 bridgehead atoms. The highest BCUT2D eigenvalue weighted by atomic mass is 16.2. The largest absolute Gasteiger partial charge is 0.368 e. The van der Waals surface area contributed by atoms with E-state index in [1.165, 1.54) is 6.42 Å². The topological polar surface area (TPSA) is 58.1 Å². The van der Waals surface area contributed by atoms with Crippen LogP contribution in [-0.4, -0.2) is 40.6 Å². The van der Waals surface area contributed by atoms with E-state index in [0.717, 1.165) is 38.3 Å². The molecule has 1 aromatic heterocycles. The molecule has 0 saturated carbocycles. The highest BCUT2D eigenvalue weighted by molar-refractivity contribution is 5.92. The molecule has 1 saturated heterocycles. The van der Waals surface area contributed by atoms with E-state index in [4.69, 9.17) is 0 Å². The first-order chi connectivity index (χ1) is 9.16. The van der Waals surface area contributed by atoms with Gasteiger partial charge >= 0.3 is 0 Å². The van der Waals surface area contributed by atoms with Gasteiger partial charge < -0.3 is 10.2 Å². The van der Waals surface area contributed by atoms with E-state index in [0.29, 0.717) is 11.6 Å². The highest BCUT2D eigenvalue weighted by Gasteiger charge is 2.19. The molecule has 1 aromatic rings. The SMILES string of the molecule is CC(C)CNc1ccc(C(=O)N2CCCCC2)nn1. The van der Waals surface area contributed by atoms with Crippen molar-refractivity contribution >= 4 is 11.7 Å². The number of piperidine rings is 1. The minimum Gasteiger partial charge on any atom is -0.368 e. The summed E-state index contributed by atoms with van der Waals surface area (Å²) < 4.78 is 0. The number of carbonyl (C=O) groups is 1. The average molecular weight is 262 g/mol. The lowest BCUT2D eigenvalue weighted by atomic mass is 10.1. The molecule has 1 amide bonds. The van der Waals surface area contributed by atoms with E-state index >= 15 is 0 Å². The maximum absolute atomic E-state index is 12.2. The number of hydrogen-bond acceptors (Lipinski definition) is 4. The predicted octanol–water partition coefficient (Wildman–Crippen LogP) is 2.17. The first kappa shape index (κ1) is 13.8. The van der Waals surface area contributed by atoms with Crippen LogP contribution in [-0.2, 0) is 0 Å². The van der Waals surface area contributed by atoms with Crippen molar-refractivity contribution in [1.29, 1.82) is 0 Å². The van der Waals surface area contributed by atoms with Crippen molar-refractivity contribution in [3.63, 3.8) is 0 Å². The Kier molecular flexibility index (Phi) is 4.71. The van der Waals surface area contributed by atoms with Gasteiger partial charge in [-0.3, -0.25) is 4.79 Å². The molecule has 19 heavy (non-hydrogen) atoms. The summed E-state index contributed by atoms with van der Waals surface area (Å²) in [5, 5.41) is 11.3. The van der Waals surface area contributed by atoms with Crippen LogP contribution in [0.2, 0.25) is 0 Å². The molecule has 104 valence electrons. The second kappa shape index (κ2) is 6.50. The van der Waals surface area contributed by atoms with Crippen LogP contribution < -0.4 is 5.32 Å². The molecule has 0 aliphatic carbocycles. The van der Waals surface area contributed by atoms with Gasteiger partial charge in [0.15, 0.2) is 5.69 Å². The van der Waals surface area contributed by atoms with Crippen LogP contribution in [0.5, 0.6) is 0 Å². The second-order valence-electron chi connectivity index (χ2n) is 5.43. The molecule has 1 fully saturated rings. The van der Waals surface area contributed by atoms with E-state index in [1.54, 1.807) is 6.07 Å². The van der Waals surface area contributed by atoms with Crippen molar-refractivity contribution in [2.75, 3.05) is 25.0 Å². The molecule has 1 aliphatic rings. The van der Waals surface area contributed by atoms with Crippen LogP contribution in [0.3, 0.4) is 0 Å². The normalized spacial score (nSPS) is 15.6. The molecular weight excluding hydrogens is 240 g/mol. The Balaban J connectivity index is 1.95. The zero-order valence-corrected chi connectivity index (χ0v) is 11.7. The van der Waals surface area contributed by atoms with Crippen molar-refractivity contribution in [1.82, 2.24) is 15.1 Å². The number of rotatable bonds is 4. The van der Waals surface area contributed by atoms with Crippen LogP contribution in [0, 0.1) is 5.92 Å². The van der Waals surface area contributed by atoms with Crippen LogP contribution in [0.25, 0.3) is 0 Å². The fraction of sp³-hybridized carbons (Fsp3) is 0.643. The zero-order chi connectivity index (χ0) is 13.7. The van der Waals surface area contributed by atoms with Crippen LogP contribution in [0.15, 0.2) is 12.1 Å². The average Bonchev–Trinajstić information content (AvgIpc) is 2.46. The summed E-state index contributed by atoms with van der Waals surface area (Å²) in [6.07, 6.45) is 3.40. The van der Waals surface area contributed by atoms with Crippen molar-refractivity contribution < 1.29 is 4.79 Å². The number of hydrogen-bond donors (Lipinski definition) is 1. The van der Waals surface area contributed by atoms with E-state index in [9.17, 15) is 4.79 Å². The quantitative estimate of drug-likeness (QED) is 0.903. The monoisotopic (exact) mass is 262 g/mol. The number of likely N-dealkylation sites (tertiary alicyclic amines) is 1. The molecule has 1 aliphatic heterocycles. The molecule has 0 spiro atoms. The van der Waals surface area contributed by atoms with Gasteiger partial charge in [0.25, 0.3) is 5.91 Å². The van der Waals surface area contributed by atoms with Crippen molar-refractivity contribution in [3.05, 3.63) is 17.8 Å². The van der Waals surface area contributed by atoms with Gasteiger partial charge in [-0.05, 0) is 37.3 Å². The van der Waals surface area contributed by atoms with Gasteiger partial charge in [0, 0.05) is 19.6 Å². The molecule has 0 atom stereocenters. The summed E-state index contributed by atoms with van der Waals surface area (Å²) in [7, 11) is 0. The summed E-state index contributed by atoms with van der Waals surface area (Å²) in [5.74, 6) is 1.28. The smallest absolute Gasteiger partial charge is 0.274 e. The van der Waals surface area contributed by atoms with Gasteiger partial charge in [0.1, 0.15) is 5.82 Å². The lowest BCUT2D eigenvalue weighted by Crippen LogP contribution is -2.36. The summed E-state index contributed by atoms with van der Waals surface area (Å²) in [6.45, 7) is 6.80. The number of aromatic nitrogens is 2. The minimum absolute atomic E-state index is 0.00242. The summed E-state index contributed by atoms with van der Waals surface area (Å²) in [5.41, 5.74) is 0.442. The summed E-state index contributed by atoms with van der Waals surface area (Å²) >= 11 is 0. The molecular formula is C14H22N4O. The summed E-state index contributed by atoms with van der Waals surface area (Å²) in [6, 6.07) is 3.58. The van der Waals surface area contributed by atoms with Gasteiger partial charge in [-0.15, -0.1) is 10.2 Å². The predicted molar refractivity (Wildman–Crippen MR) is 75.1 cm³/mol. The van der Waals surface area contributed by atoms with Crippen LogP contribution in [0.1, 0.15) is 43.6 Å². The lowest BCUT2D eigenvalue weighted by Gasteiger charge is -2.26. The molecule has 1 N–H and O–H groups in total. The molecule has 0 aromatic carbocycles. The Labute approximate surface area is 114 Å². The number of amides is 1. The maximum atomic E-state index is 12.2. The van der Waals surface area contributed by atoms with Gasteiger partial charge in [0.2, 0.25) is 0 Å². The van der Waals surface area contributed by atoms with Crippen molar-refractivity contribution in [2.45, 2.75) is 33.1 Å². The highest BCUT2D eigenvalue weighted by Crippen LogP contribution is 2.12. The number of carbonyl (C=O) groups excluding carboxylic acids is 1. The van der Waals surface area contributed by atoms with Gasteiger partial charge in [0.05, 0.1) is 0 Å². The lowest BCUT2D eigenvalue weighted by molar-refractivity contribution is 0.0717. The van der Waals surface area contributed by atoms with Crippen LogP contribution in [0.4, 0.5) is 5.82 Å². The van der Waals surface area contributed by atoms with Gasteiger partial charge in [-0.1, -0.05) is 13.8 Å². The Morgan fingerprint density at radius 3 is 2.58 bits per heavy atom. The molecule has 5 nitrogen and oxygen atoms in total. The van der Waals surface area contributed by atoms with Gasteiger partial charge in [-0.25, -0.2) is 0 Å². The Morgan fingerprint density at radius 1 is 1.26 bits per heavy atom. The number of nitrogens with one attached hydrogen (secondary N) is 1. The Bertz CT molecular complexity index is 410. The van der Waals surface area contributed by atoms with E-state index < -0.39 is 0 Å². The van der Waals surface area contributed by atoms with Crippen molar-refractivity contribution in [2.24, 2.45) is 5.92 Å². The maximum Gasteiger partial charge on any atom is 0.274 e. The minimum atomic E-state index is 0.00242. The molecule has 2 heterocycles. The molecule has 0 radical (unpaired) electrons. The Morgan fingerprint density at radius 2 is 2.00 bits per heavy atom. The zero-order valence-electron chi connectivity index (χ0n) is 11.7. The fourth-order valence-electron chi connectivity index (χ4n) is 2.11. The fourth-order valence-corrected chi connectivity index (χ4v) is 2.11. The third-order valence-electron chi connectivity index (χ3n) is 3.22. The standard InChI is InChI=1S/C14H22N4O/c1-11(2)10-15-13-7-6-12(16-17-13)14(19)18-8-4-3-5-9-18/h6-7,11H,3-5,8-10H2,1-2H3,(H,15,17). The van der Waals surface area contributed by atoms with E-state index in [-0.39, 0.29) is 5.91 Å². The van der Waals surface area contributed by atoms with Crippen LogP contribution >= 0.6 is 0 Å². The number of nitrogens with zero attached hydrogens (tertiary/aromatic N) is 3. The third-order valence-corrected chi connectivity index (χ3v) is 3.22. The summed E-state index contributed by atoms with van der Waals surface area (Å²) in [4.78, 5) is 14.0. The third kappa shape index (κ3) is 3.91. The molecule has 5 heteroatoms. The second-order valence-corrected chi connectivity index (χ2v) is 5.43. The Hall–Kier alpha value is -1.65. The van der Waals surface area contributed by atoms with E-state index in [1.807, 2.05) is 11.0 Å².